The van der Waals surface area contributed by atoms with Gasteiger partial charge in [-0.1, -0.05) is 34.1 Å². The Morgan fingerprint density at radius 3 is 2.59 bits per heavy atom. The van der Waals surface area contributed by atoms with Crippen molar-refractivity contribution in [1.82, 2.24) is 9.55 Å². The molecule has 3 rings (SSSR count). The smallest absolute Gasteiger partial charge is 0.229 e. The molecular weight excluding hydrogens is 342 g/mol. The van der Waals surface area contributed by atoms with Crippen LogP contribution < -0.4 is 10.5 Å². The van der Waals surface area contributed by atoms with Crippen molar-refractivity contribution in [3.8, 4) is 0 Å². The van der Waals surface area contributed by atoms with E-state index < -0.39 is 0 Å². The van der Waals surface area contributed by atoms with E-state index in [0.29, 0.717) is 5.82 Å². The second-order valence-corrected chi connectivity index (χ2v) is 5.73. The Kier molecular flexibility index (Phi) is 3.77. The van der Waals surface area contributed by atoms with E-state index in [0.717, 1.165) is 27.4 Å². The molecule has 0 amide bonds. The van der Waals surface area contributed by atoms with Crippen LogP contribution in [-0.4, -0.2) is 22.9 Å². The van der Waals surface area contributed by atoms with Crippen molar-refractivity contribution < 1.29 is 0 Å². The van der Waals surface area contributed by atoms with Crippen LogP contribution >= 0.6 is 15.9 Å². The van der Waals surface area contributed by atoms with Gasteiger partial charge in [-0.15, -0.1) is 0 Å². The summed E-state index contributed by atoms with van der Waals surface area (Å²) in [6.45, 7) is 0. The Morgan fingerprint density at radius 1 is 1.18 bits per heavy atom. The lowest BCUT2D eigenvalue weighted by Crippen LogP contribution is -2.26. The fourth-order valence-electron chi connectivity index (χ4n) is 2.39. The predicted molar refractivity (Wildman–Crippen MR) is 92.0 cm³/mol. The Morgan fingerprint density at radius 2 is 1.91 bits per heavy atom. The SMILES string of the molecule is CN(c1ccccc1)c1nc(=N)n(C=N)c2ccc(Br)cc12. The van der Waals surface area contributed by atoms with Crippen LogP contribution in [0.2, 0.25) is 0 Å². The first-order valence-corrected chi connectivity index (χ1v) is 7.47. The van der Waals surface area contributed by atoms with Gasteiger partial charge in [0.25, 0.3) is 0 Å². The van der Waals surface area contributed by atoms with Crippen LogP contribution in [0.3, 0.4) is 0 Å². The van der Waals surface area contributed by atoms with Crippen LogP contribution in [0, 0.1) is 10.8 Å². The second kappa shape index (κ2) is 5.73. The number of para-hydroxylation sites is 1. The lowest BCUT2D eigenvalue weighted by molar-refractivity contribution is 0.915. The Hall–Kier alpha value is -2.47. The molecule has 2 aromatic carbocycles. The number of nitrogens with one attached hydrogen (secondary N) is 2. The van der Waals surface area contributed by atoms with Gasteiger partial charge in [0.2, 0.25) is 5.62 Å². The first-order valence-electron chi connectivity index (χ1n) is 6.67. The third kappa shape index (κ3) is 2.42. The largest absolute Gasteiger partial charge is 0.329 e. The van der Waals surface area contributed by atoms with E-state index in [9.17, 15) is 0 Å². The average molecular weight is 356 g/mol. The summed E-state index contributed by atoms with van der Waals surface area (Å²) in [6, 6.07) is 15.6. The zero-order valence-electron chi connectivity index (χ0n) is 11.9. The van der Waals surface area contributed by atoms with Crippen LogP contribution in [0.25, 0.3) is 10.9 Å². The number of halogens is 1. The van der Waals surface area contributed by atoms with Crippen LogP contribution in [0.15, 0.2) is 53.0 Å². The highest BCUT2D eigenvalue weighted by Crippen LogP contribution is 2.29. The molecule has 1 aromatic heterocycles. The standard InChI is InChI=1S/C16H14BrN5/c1-21(12-5-3-2-4-6-12)15-13-9-11(17)7-8-14(13)22(10-18)16(19)20-15/h2-10,18-19H,1H3. The van der Waals surface area contributed by atoms with Crippen LogP contribution in [0.4, 0.5) is 11.5 Å². The molecule has 0 atom stereocenters. The molecule has 0 unspecified atom stereocenters. The second-order valence-electron chi connectivity index (χ2n) is 4.81. The number of nitrogens with zero attached hydrogens (tertiary/aromatic N) is 3. The van der Waals surface area contributed by atoms with Gasteiger partial charge < -0.3 is 4.90 Å². The van der Waals surface area contributed by atoms with Crippen LogP contribution in [-0.2, 0) is 0 Å². The van der Waals surface area contributed by atoms with E-state index in [1.54, 1.807) is 0 Å². The molecule has 0 spiro atoms. The lowest BCUT2D eigenvalue weighted by atomic mass is 10.2. The molecule has 3 aromatic rings. The molecule has 0 saturated carbocycles. The van der Waals surface area contributed by atoms with Crippen molar-refractivity contribution in [2.24, 2.45) is 0 Å². The maximum absolute atomic E-state index is 8.07. The summed E-state index contributed by atoms with van der Waals surface area (Å²) in [7, 11) is 1.92. The minimum Gasteiger partial charge on any atom is -0.329 e. The highest BCUT2D eigenvalue weighted by molar-refractivity contribution is 9.10. The Bertz CT molecular complexity index is 902. The summed E-state index contributed by atoms with van der Waals surface area (Å²) < 4.78 is 2.38. The van der Waals surface area contributed by atoms with Gasteiger partial charge in [-0.25, -0.2) is 0 Å². The van der Waals surface area contributed by atoms with E-state index in [-0.39, 0.29) is 5.62 Å². The summed E-state index contributed by atoms with van der Waals surface area (Å²) in [5.41, 5.74) is 1.79. The maximum Gasteiger partial charge on any atom is 0.229 e. The van der Waals surface area contributed by atoms with Gasteiger partial charge in [0, 0.05) is 22.6 Å². The summed E-state index contributed by atoms with van der Waals surface area (Å²) in [4.78, 5) is 6.32. The molecule has 0 fully saturated rings. The highest BCUT2D eigenvalue weighted by Gasteiger charge is 2.13. The van der Waals surface area contributed by atoms with Crippen molar-refractivity contribution in [3.63, 3.8) is 0 Å². The Labute approximate surface area is 136 Å². The zero-order valence-corrected chi connectivity index (χ0v) is 13.5. The predicted octanol–water partition coefficient (Wildman–Crippen LogP) is 3.50. The summed E-state index contributed by atoms with van der Waals surface area (Å²) >= 11 is 3.48. The number of hydrogen-bond donors (Lipinski definition) is 2. The van der Waals surface area contributed by atoms with Gasteiger partial charge in [0.05, 0.1) is 11.9 Å². The summed E-state index contributed by atoms with van der Waals surface area (Å²) in [6.07, 6.45) is 1.11. The van der Waals surface area contributed by atoms with Crippen molar-refractivity contribution in [2.75, 3.05) is 11.9 Å². The molecule has 6 heteroatoms. The van der Waals surface area contributed by atoms with E-state index in [1.807, 2.05) is 60.5 Å². The average Bonchev–Trinajstić information content (AvgIpc) is 2.54. The molecule has 0 aliphatic heterocycles. The van der Waals surface area contributed by atoms with Gasteiger partial charge in [-0.05, 0) is 30.3 Å². The first kappa shape index (κ1) is 14.5. The molecule has 0 saturated heterocycles. The number of anilines is 2. The number of hydrogen-bond acceptors (Lipinski definition) is 4. The first-order chi connectivity index (χ1) is 10.6. The fraction of sp³-hybridized carbons (Fsp3) is 0.0625. The molecule has 0 aliphatic rings. The van der Waals surface area contributed by atoms with Crippen molar-refractivity contribution in [1.29, 1.82) is 10.8 Å². The number of rotatable bonds is 3. The molecule has 110 valence electrons. The normalized spacial score (nSPS) is 10.6. The summed E-state index contributed by atoms with van der Waals surface area (Å²) in [5.74, 6) is 0.686. The summed E-state index contributed by atoms with van der Waals surface area (Å²) in [5, 5.41) is 16.5. The molecule has 1 heterocycles. The number of fused-ring (bicyclic) bond motifs is 1. The molecule has 0 bridgehead atoms. The van der Waals surface area contributed by atoms with E-state index >= 15 is 0 Å². The van der Waals surface area contributed by atoms with Gasteiger partial charge >= 0.3 is 0 Å². The van der Waals surface area contributed by atoms with Gasteiger partial charge in [-0.2, -0.15) is 4.98 Å². The molecule has 22 heavy (non-hydrogen) atoms. The van der Waals surface area contributed by atoms with Gasteiger partial charge in [-0.3, -0.25) is 15.4 Å². The maximum atomic E-state index is 8.07. The molecule has 5 nitrogen and oxygen atoms in total. The van der Waals surface area contributed by atoms with Crippen molar-refractivity contribution >= 4 is 44.7 Å². The third-order valence-electron chi connectivity index (χ3n) is 3.49. The Balaban J connectivity index is 2.32. The number of benzene rings is 2. The van der Waals surface area contributed by atoms with Crippen molar-refractivity contribution in [3.05, 3.63) is 58.6 Å². The third-order valence-corrected chi connectivity index (χ3v) is 3.98. The fourth-order valence-corrected chi connectivity index (χ4v) is 2.75. The monoisotopic (exact) mass is 355 g/mol. The van der Waals surface area contributed by atoms with E-state index in [1.165, 1.54) is 4.57 Å². The molecular formula is C16H14BrN5. The lowest BCUT2D eigenvalue weighted by Gasteiger charge is -2.21. The quantitative estimate of drug-likeness (QED) is 0.557. The van der Waals surface area contributed by atoms with Gasteiger partial charge in [0.1, 0.15) is 5.82 Å². The molecule has 2 N–H and O–H groups in total. The molecule has 0 radical (unpaired) electrons. The van der Waals surface area contributed by atoms with Gasteiger partial charge in [0.15, 0.2) is 0 Å². The van der Waals surface area contributed by atoms with Crippen molar-refractivity contribution in [2.45, 2.75) is 0 Å². The topological polar surface area (TPSA) is 68.8 Å². The highest BCUT2D eigenvalue weighted by atomic mass is 79.9. The van der Waals surface area contributed by atoms with E-state index in [2.05, 4.69) is 20.9 Å². The van der Waals surface area contributed by atoms with E-state index in [4.69, 9.17) is 10.8 Å². The molecule has 0 aliphatic carbocycles. The number of aromatic nitrogens is 2. The minimum atomic E-state index is 0.0302. The van der Waals surface area contributed by atoms with Crippen LogP contribution in [0.1, 0.15) is 0 Å². The minimum absolute atomic E-state index is 0.0302. The van der Waals surface area contributed by atoms with Crippen LogP contribution in [0.5, 0.6) is 0 Å². The zero-order chi connectivity index (χ0) is 15.7.